The maximum atomic E-state index is 13.4. The van der Waals surface area contributed by atoms with Crippen LogP contribution in [0.2, 0.25) is 5.02 Å². The van der Waals surface area contributed by atoms with Gasteiger partial charge in [0.1, 0.15) is 5.76 Å². The minimum Gasteiger partial charge on any atom is -0.507 e. The topological polar surface area (TPSA) is 113 Å². The first kappa shape index (κ1) is 23.3. The summed E-state index contributed by atoms with van der Waals surface area (Å²) in [5.74, 6) is -2.09. The van der Waals surface area contributed by atoms with Crippen molar-refractivity contribution in [1.82, 2.24) is 9.97 Å². The number of benzene rings is 2. The molecule has 1 atom stereocenters. The molecule has 176 valence electrons. The number of hydrogen-bond acceptors (Lipinski definition) is 8. The van der Waals surface area contributed by atoms with Gasteiger partial charge < -0.3 is 14.9 Å². The number of aliphatic hydroxyl groups is 1. The Morgan fingerprint density at radius 3 is 2.63 bits per heavy atom. The smallest absolute Gasteiger partial charge is 0.301 e. The molecule has 1 aliphatic heterocycles. The fourth-order valence-corrected chi connectivity index (χ4v) is 5.64. The summed E-state index contributed by atoms with van der Waals surface area (Å²) in [6.45, 7) is 0. The Morgan fingerprint density at radius 2 is 1.91 bits per heavy atom. The Kier molecular flexibility index (Phi) is 5.96. The number of pyridine rings is 1. The molecule has 5 rings (SSSR count). The van der Waals surface area contributed by atoms with Crippen LogP contribution in [0.25, 0.3) is 16.0 Å². The van der Waals surface area contributed by atoms with Gasteiger partial charge in [-0.25, -0.2) is 4.98 Å². The van der Waals surface area contributed by atoms with E-state index < -0.39 is 17.7 Å². The van der Waals surface area contributed by atoms with Crippen molar-refractivity contribution in [2.45, 2.75) is 6.04 Å². The van der Waals surface area contributed by atoms with Crippen LogP contribution in [0.1, 0.15) is 17.2 Å². The second kappa shape index (κ2) is 8.95. The molecule has 2 aromatic heterocycles. The van der Waals surface area contributed by atoms with Gasteiger partial charge in [0.05, 0.1) is 33.4 Å². The van der Waals surface area contributed by atoms with Gasteiger partial charge in [0.25, 0.3) is 5.78 Å². The second-order valence-corrected chi connectivity index (χ2v) is 9.87. The first-order valence-electron chi connectivity index (χ1n) is 10.1. The van der Waals surface area contributed by atoms with Crippen molar-refractivity contribution in [2.24, 2.45) is 0 Å². The van der Waals surface area contributed by atoms with E-state index in [0.717, 1.165) is 4.70 Å². The summed E-state index contributed by atoms with van der Waals surface area (Å²) in [5.41, 5.74) is 1.22. The number of aromatic hydroxyl groups is 1. The van der Waals surface area contributed by atoms with Crippen LogP contribution in [0.15, 0.2) is 64.9 Å². The first-order chi connectivity index (χ1) is 16.8. The highest BCUT2D eigenvalue weighted by Crippen LogP contribution is 2.47. The zero-order valence-corrected chi connectivity index (χ0v) is 21.1. The van der Waals surface area contributed by atoms with Gasteiger partial charge in [-0.05, 0) is 64.0 Å². The fourth-order valence-electron chi connectivity index (χ4n) is 3.91. The van der Waals surface area contributed by atoms with Crippen molar-refractivity contribution in [1.29, 1.82) is 0 Å². The molecular formula is C24H15BrClN3O5S. The van der Waals surface area contributed by atoms with Crippen LogP contribution in [-0.2, 0) is 9.59 Å². The summed E-state index contributed by atoms with van der Waals surface area (Å²) in [6.07, 6.45) is 2.94. The van der Waals surface area contributed by atoms with Gasteiger partial charge in [0.2, 0.25) is 0 Å². The van der Waals surface area contributed by atoms with Crippen molar-refractivity contribution in [3.05, 3.63) is 81.1 Å². The average Bonchev–Trinajstić information content (AvgIpc) is 3.38. The van der Waals surface area contributed by atoms with Crippen molar-refractivity contribution >= 4 is 71.7 Å². The van der Waals surface area contributed by atoms with Gasteiger partial charge in [-0.15, -0.1) is 0 Å². The molecule has 35 heavy (non-hydrogen) atoms. The number of methoxy groups -OCH3 is 1. The Labute approximate surface area is 216 Å². The number of nitrogens with zero attached hydrogens (tertiary/aromatic N) is 3. The number of Topliss-reactive ketones (excluding diaryl/α,β-unsaturated/α-hetero) is 1. The number of carbonyl (C=O) groups excluding carboxylic acids is 2. The summed E-state index contributed by atoms with van der Waals surface area (Å²) < 4.78 is 6.30. The number of amides is 1. The maximum absolute atomic E-state index is 13.4. The molecule has 8 nitrogen and oxygen atoms in total. The molecule has 4 aromatic rings. The van der Waals surface area contributed by atoms with Crippen LogP contribution in [0.5, 0.6) is 11.5 Å². The normalized spacial score (nSPS) is 17.3. The molecule has 0 spiro atoms. The van der Waals surface area contributed by atoms with E-state index in [1.54, 1.807) is 24.3 Å². The van der Waals surface area contributed by atoms with Gasteiger partial charge in [-0.3, -0.25) is 19.5 Å². The minimum atomic E-state index is -1.05. The number of phenolic OH excluding ortho intramolecular Hbond substituents is 1. The number of thiazole rings is 1. The molecule has 11 heteroatoms. The van der Waals surface area contributed by atoms with E-state index >= 15 is 0 Å². The van der Waals surface area contributed by atoms with Gasteiger partial charge in [-0.1, -0.05) is 22.9 Å². The van der Waals surface area contributed by atoms with Gasteiger partial charge >= 0.3 is 5.91 Å². The van der Waals surface area contributed by atoms with Gasteiger partial charge in [-0.2, -0.15) is 0 Å². The molecule has 2 N–H and O–H groups in total. The molecule has 1 amide bonds. The predicted octanol–water partition coefficient (Wildman–Crippen LogP) is 5.45. The number of ether oxygens (including phenoxy) is 1. The van der Waals surface area contributed by atoms with Crippen LogP contribution in [0.4, 0.5) is 5.13 Å². The van der Waals surface area contributed by atoms with E-state index in [4.69, 9.17) is 16.3 Å². The Bertz CT molecular complexity index is 1540. The predicted molar refractivity (Wildman–Crippen MR) is 136 cm³/mol. The summed E-state index contributed by atoms with van der Waals surface area (Å²) in [7, 11) is 1.39. The monoisotopic (exact) mass is 571 g/mol. The molecular weight excluding hydrogens is 558 g/mol. The zero-order valence-electron chi connectivity index (χ0n) is 17.9. The number of hydrogen-bond donors (Lipinski definition) is 2. The van der Waals surface area contributed by atoms with E-state index in [1.807, 2.05) is 0 Å². The van der Waals surface area contributed by atoms with Crippen molar-refractivity contribution in [3.8, 4) is 11.5 Å². The van der Waals surface area contributed by atoms with Crippen LogP contribution >= 0.6 is 38.9 Å². The Hall–Kier alpha value is -3.47. The molecule has 1 saturated heterocycles. The summed E-state index contributed by atoms with van der Waals surface area (Å²) in [6, 6.07) is 10.2. The highest BCUT2D eigenvalue weighted by atomic mass is 79.9. The molecule has 0 radical (unpaired) electrons. The first-order valence-corrected chi connectivity index (χ1v) is 12.1. The Morgan fingerprint density at radius 1 is 1.17 bits per heavy atom. The molecule has 2 aromatic carbocycles. The van der Waals surface area contributed by atoms with Crippen molar-refractivity contribution < 1.29 is 24.5 Å². The summed E-state index contributed by atoms with van der Waals surface area (Å²) >= 11 is 10.6. The molecule has 1 aliphatic rings. The lowest BCUT2D eigenvalue weighted by molar-refractivity contribution is -0.132. The summed E-state index contributed by atoms with van der Waals surface area (Å²) in [5, 5.41) is 22.2. The van der Waals surface area contributed by atoms with E-state index in [9.17, 15) is 19.8 Å². The number of aromatic nitrogens is 2. The highest BCUT2D eigenvalue weighted by Gasteiger charge is 2.48. The van der Waals surface area contributed by atoms with Gasteiger partial charge in [0, 0.05) is 23.0 Å². The fraction of sp³-hybridized carbons (Fsp3) is 0.0833. The molecule has 0 bridgehead atoms. The molecule has 1 unspecified atom stereocenters. The van der Waals surface area contributed by atoms with E-state index in [2.05, 4.69) is 25.9 Å². The van der Waals surface area contributed by atoms with Crippen LogP contribution in [-0.4, -0.2) is 39.0 Å². The second-order valence-electron chi connectivity index (χ2n) is 7.57. The molecule has 0 saturated carbocycles. The number of rotatable bonds is 4. The molecule has 3 heterocycles. The standard InChI is InChI=1S/C24H15BrClN3O5S/c1-34-16-9-12(8-14(25)21(16)31)19-18(20(30)11-4-6-27-7-5-11)22(32)23(33)29(19)24-28-15-3-2-13(26)10-17(15)35-24/h2-10,19,30-31H,1H3. The third kappa shape index (κ3) is 3.93. The highest BCUT2D eigenvalue weighted by molar-refractivity contribution is 9.10. The summed E-state index contributed by atoms with van der Waals surface area (Å²) in [4.78, 5) is 36.4. The van der Waals surface area contributed by atoms with E-state index in [0.29, 0.717) is 21.7 Å². The van der Waals surface area contributed by atoms with E-state index in [-0.39, 0.29) is 32.4 Å². The van der Waals surface area contributed by atoms with E-state index in [1.165, 1.54) is 53.9 Å². The average molecular weight is 573 g/mol. The van der Waals surface area contributed by atoms with Crippen molar-refractivity contribution in [3.63, 3.8) is 0 Å². The molecule has 1 fully saturated rings. The van der Waals surface area contributed by atoms with Gasteiger partial charge in [0.15, 0.2) is 16.6 Å². The number of halogens is 2. The number of aliphatic hydroxyl groups excluding tert-OH is 1. The lowest BCUT2D eigenvalue weighted by Crippen LogP contribution is -2.29. The third-order valence-corrected chi connectivity index (χ3v) is 7.39. The largest absolute Gasteiger partial charge is 0.507 e. The zero-order chi connectivity index (χ0) is 24.9. The lowest BCUT2D eigenvalue weighted by Gasteiger charge is -2.24. The number of phenols is 1. The third-order valence-electron chi connectivity index (χ3n) is 5.53. The SMILES string of the molecule is COc1cc(C2C(=C(O)c3ccncc3)C(=O)C(=O)N2c2nc3ccc(Cl)cc3s2)cc(Br)c1O. The maximum Gasteiger partial charge on any atom is 0.301 e. The number of carbonyl (C=O) groups is 2. The van der Waals surface area contributed by atoms with Crippen LogP contribution in [0, 0.1) is 0 Å². The van der Waals surface area contributed by atoms with Crippen molar-refractivity contribution in [2.75, 3.05) is 12.0 Å². The van der Waals surface area contributed by atoms with Crippen LogP contribution in [0.3, 0.4) is 0 Å². The van der Waals surface area contributed by atoms with Crippen LogP contribution < -0.4 is 9.64 Å². The number of anilines is 1. The number of ketones is 1. The quantitative estimate of drug-likeness (QED) is 0.190. The molecule has 0 aliphatic carbocycles. The lowest BCUT2D eigenvalue weighted by atomic mass is 9.95. The minimum absolute atomic E-state index is 0.125. The Balaban J connectivity index is 1.78. The number of fused-ring (bicyclic) bond motifs is 1.